The molecule has 0 aliphatic rings. The van der Waals surface area contributed by atoms with Crippen LogP contribution in [0.5, 0.6) is 0 Å². The van der Waals surface area contributed by atoms with Crippen LogP contribution in [0.1, 0.15) is 12.0 Å². The normalized spacial score (nSPS) is 12.1. The zero-order valence-electron chi connectivity index (χ0n) is 15.6. The molecule has 0 unspecified atom stereocenters. The molecule has 2 aromatic carbocycles. The quantitative estimate of drug-likeness (QED) is 0.575. The zero-order chi connectivity index (χ0) is 21.8. The first kappa shape index (κ1) is 21.7. The van der Waals surface area contributed by atoms with Crippen LogP contribution in [0.4, 0.5) is 13.2 Å². The Balaban J connectivity index is 1.64. The van der Waals surface area contributed by atoms with Crippen LogP contribution in [0, 0.1) is 0 Å². The summed E-state index contributed by atoms with van der Waals surface area (Å²) in [5.74, 6) is 0. The average molecular weight is 437 g/mol. The number of hydrogen-bond donors (Lipinski definition) is 1. The molecule has 0 aliphatic heterocycles. The van der Waals surface area contributed by atoms with Crippen molar-refractivity contribution in [1.82, 2.24) is 14.5 Å². The highest BCUT2D eigenvalue weighted by Gasteiger charge is 2.31. The lowest BCUT2D eigenvalue weighted by molar-refractivity contribution is -0.137. The molecule has 0 bridgehead atoms. The minimum absolute atomic E-state index is 0.0672. The molecule has 6 nitrogen and oxygen atoms in total. The molecule has 0 aliphatic carbocycles. The highest BCUT2D eigenvalue weighted by atomic mass is 32.2. The molecule has 1 heterocycles. The lowest BCUT2D eigenvalue weighted by Gasteiger charge is -2.11. The molecule has 158 valence electrons. The molecule has 0 fully saturated rings. The van der Waals surface area contributed by atoms with Crippen LogP contribution in [0.3, 0.4) is 0 Å². The molecule has 10 heteroatoms. The third kappa shape index (κ3) is 5.33. The van der Waals surface area contributed by atoms with Crippen LogP contribution in [0.2, 0.25) is 0 Å². The first-order chi connectivity index (χ1) is 14.2. The van der Waals surface area contributed by atoms with Crippen LogP contribution in [-0.4, -0.2) is 24.7 Å². The molecule has 1 aromatic heterocycles. The van der Waals surface area contributed by atoms with E-state index in [1.807, 2.05) is 30.3 Å². The second kappa shape index (κ2) is 8.80. The SMILES string of the molecule is O=c1ccc(-c2ccccc2)nn1CCCNS(=O)(=O)c1cccc(C(F)(F)F)c1. The molecular formula is C20H18F3N3O3S. The van der Waals surface area contributed by atoms with Gasteiger partial charge in [0.2, 0.25) is 10.0 Å². The molecule has 0 amide bonds. The second-order valence-corrected chi connectivity index (χ2v) is 8.19. The van der Waals surface area contributed by atoms with Crippen molar-refractivity contribution >= 4 is 10.0 Å². The monoisotopic (exact) mass is 437 g/mol. The van der Waals surface area contributed by atoms with E-state index in [4.69, 9.17) is 0 Å². The summed E-state index contributed by atoms with van der Waals surface area (Å²) in [5, 5.41) is 4.28. The number of aryl methyl sites for hydroxylation is 1. The third-order valence-corrected chi connectivity index (χ3v) is 5.71. The fourth-order valence-electron chi connectivity index (χ4n) is 2.73. The van der Waals surface area contributed by atoms with Gasteiger partial charge >= 0.3 is 6.18 Å². The summed E-state index contributed by atoms with van der Waals surface area (Å²) >= 11 is 0. The summed E-state index contributed by atoms with van der Waals surface area (Å²) < 4.78 is 66.4. The lowest BCUT2D eigenvalue weighted by Crippen LogP contribution is -2.28. The van der Waals surface area contributed by atoms with E-state index < -0.39 is 26.7 Å². The Morgan fingerprint density at radius 2 is 1.70 bits per heavy atom. The van der Waals surface area contributed by atoms with Gasteiger partial charge in [-0.15, -0.1) is 0 Å². The second-order valence-electron chi connectivity index (χ2n) is 6.42. The first-order valence-electron chi connectivity index (χ1n) is 8.97. The highest BCUT2D eigenvalue weighted by Crippen LogP contribution is 2.30. The van der Waals surface area contributed by atoms with Crippen molar-refractivity contribution in [2.24, 2.45) is 0 Å². The Labute approximate surface area is 171 Å². The third-order valence-electron chi connectivity index (χ3n) is 4.25. The fraction of sp³-hybridized carbons (Fsp3) is 0.200. The maximum absolute atomic E-state index is 12.8. The van der Waals surface area contributed by atoms with Crippen molar-refractivity contribution in [2.75, 3.05) is 6.54 Å². The first-order valence-corrected chi connectivity index (χ1v) is 10.5. The number of aromatic nitrogens is 2. The van der Waals surface area contributed by atoms with Gasteiger partial charge in [-0.3, -0.25) is 4.79 Å². The molecule has 0 atom stereocenters. The molecule has 0 radical (unpaired) electrons. The van der Waals surface area contributed by atoms with Gasteiger partial charge in [-0.1, -0.05) is 36.4 Å². The Morgan fingerprint density at radius 3 is 2.40 bits per heavy atom. The molecular weight excluding hydrogens is 419 g/mol. The Bertz CT molecular complexity index is 1180. The van der Waals surface area contributed by atoms with Gasteiger partial charge in [0.05, 0.1) is 16.2 Å². The van der Waals surface area contributed by atoms with Gasteiger partial charge < -0.3 is 0 Å². The Kier molecular flexibility index (Phi) is 6.37. The number of nitrogens with zero attached hydrogens (tertiary/aromatic N) is 2. The molecule has 3 rings (SSSR count). The summed E-state index contributed by atoms with van der Waals surface area (Å²) in [7, 11) is -4.12. The summed E-state index contributed by atoms with van der Waals surface area (Å²) in [6.07, 6.45) is -4.41. The molecule has 1 N–H and O–H groups in total. The predicted octanol–water partition coefficient (Wildman–Crippen LogP) is 3.30. The van der Waals surface area contributed by atoms with Gasteiger partial charge in [0, 0.05) is 24.7 Å². The van der Waals surface area contributed by atoms with E-state index in [9.17, 15) is 26.4 Å². The summed E-state index contributed by atoms with van der Waals surface area (Å²) in [6.45, 7) is 0.0763. The lowest BCUT2D eigenvalue weighted by atomic mass is 10.1. The number of halogens is 3. The van der Waals surface area contributed by atoms with Crippen molar-refractivity contribution in [3.8, 4) is 11.3 Å². The van der Waals surface area contributed by atoms with Gasteiger partial charge in [0.25, 0.3) is 5.56 Å². The summed E-state index contributed by atoms with van der Waals surface area (Å²) in [5.41, 5.74) is 0.0468. The Hall–Kier alpha value is -2.98. The molecule has 3 aromatic rings. The van der Waals surface area contributed by atoms with E-state index >= 15 is 0 Å². The zero-order valence-corrected chi connectivity index (χ0v) is 16.4. The minimum Gasteiger partial charge on any atom is -0.268 e. The fourth-order valence-corrected chi connectivity index (χ4v) is 3.85. The summed E-state index contributed by atoms with van der Waals surface area (Å²) in [4.78, 5) is 11.5. The van der Waals surface area contributed by atoms with Gasteiger partial charge in [-0.2, -0.15) is 18.3 Å². The van der Waals surface area contributed by atoms with Crippen molar-refractivity contribution in [3.05, 3.63) is 82.6 Å². The van der Waals surface area contributed by atoms with Crippen molar-refractivity contribution in [2.45, 2.75) is 24.0 Å². The summed E-state index contributed by atoms with van der Waals surface area (Å²) in [6, 6.07) is 15.7. The van der Waals surface area contributed by atoms with Crippen molar-refractivity contribution in [1.29, 1.82) is 0 Å². The maximum atomic E-state index is 12.8. The average Bonchev–Trinajstić information content (AvgIpc) is 2.72. The minimum atomic E-state index is -4.64. The van der Waals surface area contributed by atoms with Crippen LogP contribution in [-0.2, 0) is 22.7 Å². The number of nitrogens with one attached hydrogen (secondary N) is 1. The van der Waals surface area contributed by atoms with Gasteiger partial charge in [-0.25, -0.2) is 17.8 Å². The van der Waals surface area contributed by atoms with Crippen LogP contribution >= 0.6 is 0 Å². The van der Waals surface area contributed by atoms with Crippen LogP contribution < -0.4 is 10.3 Å². The largest absolute Gasteiger partial charge is 0.416 e. The number of hydrogen-bond acceptors (Lipinski definition) is 4. The molecule has 0 spiro atoms. The molecule has 0 saturated heterocycles. The number of rotatable bonds is 7. The number of benzene rings is 2. The van der Waals surface area contributed by atoms with Crippen LogP contribution in [0.25, 0.3) is 11.3 Å². The van der Waals surface area contributed by atoms with Gasteiger partial charge in [0.15, 0.2) is 0 Å². The van der Waals surface area contributed by atoms with Crippen molar-refractivity contribution < 1.29 is 21.6 Å². The van der Waals surface area contributed by atoms with E-state index in [0.717, 1.165) is 23.8 Å². The van der Waals surface area contributed by atoms with E-state index in [1.165, 1.54) is 10.7 Å². The number of alkyl halides is 3. The number of sulfonamides is 1. The van der Waals surface area contributed by atoms with E-state index in [1.54, 1.807) is 6.07 Å². The van der Waals surface area contributed by atoms with Gasteiger partial charge in [0.1, 0.15) is 0 Å². The van der Waals surface area contributed by atoms with Gasteiger partial charge in [-0.05, 0) is 30.7 Å². The topological polar surface area (TPSA) is 81.1 Å². The smallest absolute Gasteiger partial charge is 0.268 e. The highest BCUT2D eigenvalue weighted by molar-refractivity contribution is 7.89. The molecule has 30 heavy (non-hydrogen) atoms. The van der Waals surface area contributed by atoms with E-state index in [-0.39, 0.29) is 25.1 Å². The Morgan fingerprint density at radius 1 is 0.967 bits per heavy atom. The maximum Gasteiger partial charge on any atom is 0.416 e. The van der Waals surface area contributed by atoms with E-state index in [2.05, 4.69) is 9.82 Å². The standard InChI is InChI=1S/C20H18F3N3O3S/c21-20(22,23)16-8-4-9-17(14-16)30(28,29)24-12-5-13-26-19(27)11-10-18(25-26)15-6-2-1-3-7-15/h1-4,6-11,14,24H,5,12-13H2. The van der Waals surface area contributed by atoms with Crippen LogP contribution in [0.15, 0.2) is 76.4 Å². The molecule has 0 saturated carbocycles. The predicted molar refractivity (Wildman–Crippen MR) is 105 cm³/mol. The van der Waals surface area contributed by atoms with Crippen molar-refractivity contribution in [3.63, 3.8) is 0 Å². The van der Waals surface area contributed by atoms with E-state index in [0.29, 0.717) is 11.8 Å².